The number of nitrogens with one attached hydrogen (secondary N) is 2. The highest BCUT2D eigenvalue weighted by Gasteiger charge is 2.41. The highest BCUT2D eigenvalue weighted by atomic mass is 16.2. The molecule has 0 aromatic carbocycles. The molecule has 7 heteroatoms. The average Bonchev–Trinajstić information content (AvgIpc) is 2.25. The Morgan fingerprint density at radius 3 is 2.39 bits per heavy atom. The second kappa shape index (κ2) is 5.16. The van der Waals surface area contributed by atoms with E-state index in [2.05, 4.69) is 10.6 Å². The minimum atomic E-state index is -0.864. The van der Waals surface area contributed by atoms with E-state index in [4.69, 9.17) is 0 Å². The lowest BCUT2D eigenvalue weighted by atomic mass is 10.1. The summed E-state index contributed by atoms with van der Waals surface area (Å²) >= 11 is 0. The molecule has 1 fully saturated rings. The van der Waals surface area contributed by atoms with Gasteiger partial charge in [-0.05, 0) is 20.8 Å². The molecule has 0 spiro atoms. The lowest BCUT2D eigenvalue weighted by Crippen LogP contribution is -2.65. The average molecular weight is 255 g/mol. The van der Waals surface area contributed by atoms with Gasteiger partial charge in [-0.25, -0.2) is 0 Å². The van der Waals surface area contributed by atoms with Crippen molar-refractivity contribution in [2.45, 2.75) is 45.8 Å². The second-order valence-corrected chi connectivity index (χ2v) is 4.37. The Bertz CT molecular complexity index is 407. The molecule has 2 N–H and O–H groups in total. The largest absolute Gasteiger partial charge is 0.345 e. The third-order valence-corrected chi connectivity index (χ3v) is 2.76. The standard InChI is InChI=1S/C11H17N3O4/c1-5(12-8(4)15)10(17)14-7(3)9(16)13-6(2)11(14)18/h5-7H,1-4H3,(H,12,15)(H,13,16)/t5-,6?,7?/m0/s1. The number of nitrogens with zero attached hydrogens (tertiary/aromatic N) is 1. The van der Waals surface area contributed by atoms with Crippen LogP contribution < -0.4 is 10.6 Å². The molecule has 18 heavy (non-hydrogen) atoms. The predicted octanol–water partition coefficient (Wildman–Crippen LogP) is -1.23. The van der Waals surface area contributed by atoms with Gasteiger partial charge < -0.3 is 10.6 Å². The fourth-order valence-corrected chi connectivity index (χ4v) is 1.79. The molecule has 0 aliphatic carbocycles. The van der Waals surface area contributed by atoms with E-state index >= 15 is 0 Å². The topological polar surface area (TPSA) is 95.6 Å². The van der Waals surface area contributed by atoms with Crippen molar-refractivity contribution in [3.8, 4) is 0 Å². The van der Waals surface area contributed by atoms with Gasteiger partial charge in [-0.2, -0.15) is 0 Å². The normalized spacial score (nSPS) is 25.4. The van der Waals surface area contributed by atoms with E-state index in [0.29, 0.717) is 0 Å². The molecule has 0 bridgehead atoms. The van der Waals surface area contributed by atoms with Gasteiger partial charge in [-0.15, -0.1) is 0 Å². The highest BCUT2D eigenvalue weighted by molar-refractivity contribution is 6.08. The second-order valence-electron chi connectivity index (χ2n) is 4.37. The van der Waals surface area contributed by atoms with E-state index in [9.17, 15) is 19.2 Å². The number of rotatable bonds is 2. The first-order valence-corrected chi connectivity index (χ1v) is 5.70. The lowest BCUT2D eigenvalue weighted by molar-refractivity contribution is -0.158. The third-order valence-electron chi connectivity index (χ3n) is 2.76. The predicted molar refractivity (Wildman–Crippen MR) is 62.2 cm³/mol. The van der Waals surface area contributed by atoms with Gasteiger partial charge in [0.05, 0.1) is 0 Å². The first kappa shape index (κ1) is 14.1. The minimum absolute atomic E-state index is 0.370. The Morgan fingerprint density at radius 2 is 1.89 bits per heavy atom. The maximum absolute atomic E-state index is 12.1. The molecule has 1 aliphatic heterocycles. The Morgan fingerprint density at radius 1 is 1.33 bits per heavy atom. The molecule has 4 amide bonds. The molecule has 1 saturated heterocycles. The quantitative estimate of drug-likeness (QED) is 0.646. The van der Waals surface area contributed by atoms with Crippen molar-refractivity contribution >= 4 is 23.6 Å². The molecule has 0 saturated carbocycles. The molecule has 7 nitrogen and oxygen atoms in total. The van der Waals surface area contributed by atoms with Gasteiger partial charge in [-0.1, -0.05) is 0 Å². The van der Waals surface area contributed by atoms with Gasteiger partial charge in [0.2, 0.25) is 11.8 Å². The molecule has 1 rings (SSSR count). The number of piperazine rings is 1. The van der Waals surface area contributed by atoms with Gasteiger partial charge in [-0.3, -0.25) is 24.1 Å². The van der Waals surface area contributed by atoms with Crippen LogP contribution in [0.15, 0.2) is 0 Å². The number of imide groups is 1. The summed E-state index contributed by atoms with van der Waals surface area (Å²) in [7, 11) is 0. The summed E-state index contributed by atoms with van der Waals surface area (Å²) in [5.41, 5.74) is 0. The van der Waals surface area contributed by atoms with Crippen LogP contribution in [0.2, 0.25) is 0 Å². The minimum Gasteiger partial charge on any atom is -0.345 e. The van der Waals surface area contributed by atoms with Gasteiger partial charge in [0, 0.05) is 6.92 Å². The van der Waals surface area contributed by atoms with Gasteiger partial charge >= 0.3 is 0 Å². The van der Waals surface area contributed by atoms with Crippen molar-refractivity contribution in [1.29, 1.82) is 0 Å². The number of hydrogen-bond donors (Lipinski definition) is 2. The fourth-order valence-electron chi connectivity index (χ4n) is 1.79. The van der Waals surface area contributed by atoms with Crippen LogP contribution in [0.1, 0.15) is 27.7 Å². The van der Waals surface area contributed by atoms with Crippen molar-refractivity contribution < 1.29 is 19.2 Å². The summed E-state index contributed by atoms with van der Waals surface area (Å²) in [5, 5.41) is 4.87. The summed E-state index contributed by atoms with van der Waals surface area (Å²) < 4.78 is 0. The lowest BCUT2D eigenvalue weighted by Gasteiger charge is -2.35. The summed E-state index contributed by atoms with van der Waals surface area (Å²) in [6.07, 6.45) is 0. The molecular weight excluding hydrogens is 238 g/mol. The number of carbonyl (C=O) groups is 4. The van der Waals surface area contributed by atoms with Crippen LogP contribution in [0.25, 0.3) is 0 Å². The fraction of sp³-hybridized carbons (Fsp3) is 0.636. The molecule has 0 radical (unpaired) electrons. The SMILES string of the molecule is CC(=O)N[C@@H](C)C(=O)N1C(=O)C(C)NC(=O)C1C. The summed E-state index contributed by atoms with van der Waals surface area (Å²) in [4.78, 5) is 47.3. The molecule has 0 aromatic rings. The van der Waals surface area contributed by atoms with Crippen LogP contribution in [-0.4, -0.2) is 46.7 Å². The van der Waals surface area contributed by atoms with Crippen LogP contribution in [-0.2, 0) is 19.2 Å². The molecule has 0 aromatic heterocycles. The molecular formula is C11H17N3O4. The van der Waals surface area contributed by atoms with E-state index in [1.165, 1.54) is 27.7 Å². The van der Waals surface area contributed by atoms with Crippen LogP contribution in [0.4, 0.5) is 0 Å². The van der Waals surface area contributed by atoms with Crippen LogP contribution in [0.5, 0.6) is 0 Å². The van der Waals surface area contributed by atoms with Crippen LogP contribution >= 0.6 is 0 Å². The van der Waals surface area contributed by atoms with E-state index in [1.54, 1.807) is 0 Å². The van der Waals surface area contributed by atoms with Crippen LogP contribution in [0.3, 0.4) is 0 Å². The maximum atomic E-state index is 12.1. The van der Waals surface area contributed by atoms with Gasteiger partial charge in [0.15, 0.2) is 0 Å². The van der Waals surface area contributed by atoms with Crippen molar-refractivity contribution in [3.63, 3.8) is 0 Å². The molecule has 1 aliphatic rings. The monoisotopic (exact) mass is 255 g/mol. The Hall–Kier alpha value is -1.92. The van der Waals surface area contributed by atoms with E-state index in [0.717, 1.165) is 4.90 Å². The first-order chi connectivity index (χ1) is 8.25. The summed E-state index contributed by atoms with van der Waals surface area (Å²) in [5.74, 6) is -1.80. The van der Waals surface area contributed by atoms with Crippen molar-refractivity contribution in [2.75, 3.05) is 0 Å². The number of hydrogen-bond acceptors (Lipinski definition) is 4. The number of carbonyl (C=O) groups excluding carboxylic acids is 4. The summed E-state index contributed by atoms with van der Waals surface area (Å²) in [6.45, 7) is 5.73. The Labute approximate surface area is 105 Å². The molecule has 100 valence electrons. The van der Waals surface area contributed by atoms with E-state index in [-0.39, 0.29) is 11.8 Å². The van der Waals surface area contributed by atoms with Gasteiger partial charge in [0.25, 0.3) is 11.8 Å². The highest BCUT2D eigenvalue weighted by Crippen LogP contribution is 2.11. The van der Waals surface area contributed by atoms with E-state index in [1.807, 2.05) is 0 Å². The zero-order valence-corrected chi connectivity index (χ0v) is 10.8. The van der Waals surface area contributed by atoms with Crippen molar-refractivity contribution in [1.82, 2.24) is 15.5 Å². The third kappa shape index (κ3) is 2.66. The van der Waals surface area contributed by atoms with Gasteiger partial charge in [0.1, 0.15) is 18.1 Å². The summed E-state index contributed by atoms with van der Waals surface area (Å²) in [6, 6.07) is -2.44. The molecule has 2 unspecified atom stereocenters. The van der Waals surface area contributed by atoms with Crippen LogP contribution in [0, 0.1) is 0 Å². The maximum Gasteiger partial charge on any atom is 0.252 e. The molecule has 1 heterocycles. The van der Waals surface area contributed by atoms with Crippen molar-refractivity contribution in [3.05, 3.63) is 0 Å². The Kier molecular flexibility index (Phi) is 4.05. The van der Waals surface area contributed by atoms with E-state index < -0.39 is 29.9 Å². The number of amides is 4. The zero-order chi connectivity index (χ0) is 14.0. The van der Waals surface area contributed by atoms with Crippen molar-refractivity contribution in [2.24, 2.45) is 0 Å². The smallest absolute Gasteiger partial charge is 0.252 e. The molecule has 3 atom stereocenters. The first-order valence-electron chi connectivity index (χ1n) is 5.70. The Balaban J connectivity index is 2.90. The zero-order valence-electron chi connectivity index (χ0n) is 10.8.